The van der Waals surface area contributed by atoms with E-state index in [9.17, 15) is 30.7 Å². The Labute approximate surface area is 102 Å². The third-order valence-electron chi connectivity index (χ3n) is 2.60. The smallest absolute Gasteiger partial charge is 0.354 e. The molecule has 0 atom stereocenters. The van der Waals surface area contributed by atoms with E-state index in [4.69, 9.17) is 0 Å². The van der Waals surface area contributed by atoms with Crippen LogP contribution in [0.2, 0.25) is 0 Å². The molecule has 2 nitrogen and oxygen atoms in total. The Morgan fingerprint density at radius 1 is 1.00 bits per heavy atom. The van der Waals surface area contributed by atoms with Gasteiger partial charge in [0.15, 0.2) is 0 Å². The maximum Gasteiger partial charge on any atom is 0.405 e. The number of halogens is 7. The van der Waals surface area contributed by atoms with E-state index in [-0.39, 0.29) is 12.8 Å². The predicted octanol–water partition coefficient (Wildman–Crippen LogP) is 3.17. The molecule has 1 heterocycles. The summed E-state index contributed by atoms with van der Waals surface area (Å²) in [6.07, 6.45) is -4.22. The summed E-state index contributed by atoms with van der Waals surface area (Å²) in [6.45, 7) is -1.69. The summed E-state index contributed by atoms with van der Waals surface area (Å²) in [7, 11) is 0. The minimum Gasteiger partial charge on any atom is -0.354 e. The molecule has 0 saturated heterocycles. The van der Waals surface area contributed by atoms with Gasteiger partial charge in [-0.15, -0.1) is 0 Å². The van der Waals surface area contributed by atoms with Crippen molar-refractivity contribution >= 4 is 5.69 Å². The highest BCUT2D eigenvalue weighted by Gasteiger charge is 2.41. The second kappa shape index (κ2) is 4.53. The molecule has 0 bridgehead atoms. The molecule has 1 aromatic rings. The monoisotopic (exact) mass is 288 g/mol. The Kier molecular flexibility index (Phi) is 3.31. The molecule has 1 aromatic heterocycles. The Balaban J connectivity index is 2.47. The molecule has 0 N–H and O–H groups in total. The second-order valence-corrected chi connectivity index (χ2v) is 4.14. The van der Waals surface area contributed by atoms with Gasteiger partial charge in [-0.1, -0.05) is 0 Å². The van der Waals surface area contributed by atoms with Crippen LogP contribution in [0.25, 0.3) is 0 Å². The van der Waals surface area contributed by atoms with Gasteiger partial charge in [0.1, 0.15) is 12.2 Å². The van der Waals surface area contributed by atoms with Gasteiger partial charge >= 0.3 is 6.18 Å². The Morgan fingerprint density at radius 3 is 1.84 bits per heavy atom. The van der Waals surface area contributed by atoms with Gasteiger partial charge in [-0.3, -0.25) is 0 Å². The van der Waals surface area contributed by atoms with Gasteiger partial charge < -0.3 is 4.90 Å². The highest BCUT2D eigenvalue weighted by Crippen LogP contribution is 2.37. The van der Waals surface area contributed by atoms with E-state index in [0.29, 0.717) is 4.90 Å². The average molecular weight is 288 g/mol. The zero-order valence-electron chi connectivity index (χ0n) is 9.24. The van der Waals surface area contributed by atoms with Crippen molar-refractivity contribution in [2.75, 3.05) is 11.4 Å². The van der Waals surface area contributed by atoms with Gasteiger partial charge in [-0.25, -0.2) is 0 Å². The van der Waals surface area contributed by atoms with Crippen LogP contribution < -0.4 is 4.90 Å². The van der Waals surface area contributed by atoms with E-state index in [0.717, 1.165) is 0 Å². The summed E-state index contributed by atoms with van der Waals surface area (Å²) in [5.41, 5.74) is -1.36. The third kappa shape index (κ3) is 2.90. The molecule has 1 saturated carbocycles. The van der Waals surface area contributed by atoms with E-state index in [1.54, 1.807) is 0 Å². The number of hydrogen-bond donors (Lipinski definition) is 0. The molecule has 0 amide bonds. The first-order chi connectivity index (χ1) is 8.70. The first-order valence-electron chi connectivity index (χ1n) is 5.24. The lowest BCUT2D eigenvalue weighted by Gasteiger charge is -2.26. The fourth-order valence-electron chi connectivity index (χ4n) is 1.70. The van der Waals surface area contributed by atoms with Gasteiger partial charge in [0, 0.05) is 6.04 Å². The third-order valence-corrected chi connectivity index (χ3v) is 2.60. The maximum absolute atomic E-state index is 13.4. The Hall–Kier alpha value is -1.54. The van der Waals surface area contributed by atoms with Crippen LogP contribution in [-0.2, 0) is 0 Å². The highest BCUT2D eigenvalue weighted by atomic mass is 19.4. The summed E-state index contributed by atoms with van der Waals surface area (Å²) < 4.78 is 89.7. The highest BCUT2D eigenvalue weighted by molar-refractivity contribution is 5.51. The standard InChI is InChI=1S/C10H7F7N2/c11-5-7(6(12)9(14)18-8(5)13)19(4-1-2-4)3-10(15,16)17/h4H,1-3H2. The topological polar surface area (TPSA) is 16.1 Å². The van der Waals surface area contributed by atoms with E-state index in [1.807, 2.05) is 0 Å². The summed E-state index contributed by atoms with van der Waals surface area (Å²) in [5, 5.41) is 0. The molecule has 0 unspecified atom stereocenters. The lowest BCUT2D eigenvalue weighted by atomic mass is 10.3. The van der Waals surface area contributed by atoms with Gasteiger partial charge in [-0.05, 0) is 12.8 Å². The van der Waals surface area contributed by atoms with Crippen molar-refractivity contribution in [2.45, 2.75) is 25.1 Å². The fraction of sp³-hybridized carbons (Fsp3) is 0.500. The molecule has 2 rings (SSSR count). The van der Waals surface area contributed by atoms with Gasteiger partial charge in [0.2, 0.25) is 11.6 Å². The van der Waals surface area contributed by atoms with Gasteiger partial charge in [-0.2, -0.15) is 35.7 Å². The number of aromatic nitrogens is 1. The van der Waals surface area contributed by atoms with Crippen LogP contribution in [0.1, 0.15) is 12.8 Å². The zero-order valence-corrected chi connectivity index (χ0v) is 9.24. The molecule has 9 heteroatoms. The molecule has 106 valence electrons. The lowest BCUT2D eigenvalue weighted by Crippen LogP contribution is -2.37. The van der Waals surface area contributed by atoms with Crippen LogP contribution in [0, 0.1) is 23.5 Å². The summed E-state index contributed by atoms with van der Waals surface area (Å²) in [4.78, 5) is 2.59. The van der Waals surface area contributed by atoms with Crippen LogP contribution in [0.5, 0.6) is 0 Å². The van der Waals surface area contributed by atoms with E-state index < -0.39 is 48.0 Å². The molecule has 0 spiro atoms. The second-order valence-electron chi connectivity index (χ2n) is 4.14. The molecule has 0 aliphatic heterocycles. The van der Waals surface area contributed by atoms with Crippen LogP contribution >= 0.6 is 0 Å². The van der Waals surface area contributed by atoms with Crippen LogP contribution in [-0.4, -0.2) is 23.7 Å². The first-order valence-corrected chi connectivity index (χ1v) is 5.24. The quantitative estimate of drug-likeness (QED) is 0.627. The number of alkyl halides is 3. The molecule has 1 fully saturated rings. The van der Waals surface area contributed by atoms with Crippen LogP contribution in [0.3, 0.4) is 0 Å². The van der Waals surface area contributed by atoms with Crippen molar-refractivity contribution in [3.05, 3.63) is 23.5 Å². The molecule has 0 radical (unpaired) electrons. The minimum atomic E-state index is -4.75. The van der Waals surface area contributed by atoms with E-state index in [2.05, 4.69) is 4.98 Å². The van der Waals surface area contributed by atoms with Crippen molar-refractivity contribution < 1.29 is 30.7 Å². The Morgan fingerprint density at radius 2 is 1.47 bits per heavy atom. The molecule has 1 aliphatic carbocycles. The molecule has 0 aromatic carbocycles. The average Bonchev–Trinajstić information content (AvgIpc) is 3.07. The van der Waals surface area contributed by atoms with Crippen LogP contribution in [0.15, 0.2) is 0 Å². The van der Waals surface area contributed by atoms with Crippen molar-refractivity contribution in [3.8, 4) is 0 Å². The van der Waals surface area contributed by atoms with Gasteiger partial charge in [0.05, 0.1) is 0 Å². The van der Waals surface area contributed by atoms with Crippen molar-refractivity contribution in [2.24, 2.45) is 0 Å². The molecular formula is C10H7F7N2. The summed E-state index contributed by atoms with van der Waals surface area (Å²) in [5.74, 6) is -7.78. The zero-order chi connectivity index (χ0) is 14.4. The maximum atomic E-state index is 13.4. The van der Waals surface area contributed by atoms with Crippen LogP contribution in [0.4, 0.5) is 36.4 Å². The summed E-state index contributed by atoms with van der Waals surface area (Å²) in [6, 6.07) is -0.785. The molecular weight excluding hydrogens is 281 g/mol. The normalized spacial score (nSPS) is 15.7. The predicted molar refractivity (Wildman–Crippen MR) is 50.5 cm³/mol. The SMILES string of the molecule is Fc1nc(F)c(F)c(N(CC(F)(F)F)C2CC2)c1F. The number of pyridine rings is 1. The van der Waals surface area contributed by atoms with E-state index >= 15 is 0 Å². The molecule has 1 aliphatic rings. The minimum absolute atomic E-state index is 0.264. The number of nitrogens with zero attached hydrogens (tertiary/aromatic N) is 2. The number of rotatable bonds is 3. The van der Waals surface area contributed by atoms with Crippen molar-refractivity contribution in [1.82, 2.24) is 4.98 Å². The van der Waals surface area contributed by atoms with E-state index in [1.165, 1.54) is 0 Å². The number of hydrogen-bond acceptors (Lipinski definition) is 2. The van der Waals surface area contributed by atoms with Crippen molar-refractivity contribution in [3.63, 3.8) is 0 Å². The lowest BCUT2D eigenvalue weighted by molar-refractivity contribution is -0.120. The summed E-state index contributed by atoms with van der Waals surface area (Å²) >= 11 is 0. The van der Waals surface area contributed by atoms with Gasteiger partial charge in [0.25, 0.3) is 11.9 Å². The van der Waals surface area contributed by atoms with Crippen molar-refractivity contribution in [1.29, 1.82) is 0 Å². The Bertz CT molecular complexity index is 469. The number of anilines is 1. The largest absolute Gasteiger partial charge is 0.405 e. The fourth-order valence-corrected chi connectivity index (χ4v) is 1.70. The molecule has 19 heavy (non-hydrogen) atoms. The first kappa shape index (κ1) is 13.9.